The van der Waals surface area contributed by atoms with Crippen LogP contribution in [0.1, 0.15) is 18.9 Å². The number of hydrogen-bond acceptors (Lipinski definition) is 5. The van der Waals surface area contributed by atoms with Gasteiger partial charge in [0.15, 0.2) is 21.7 Å². The number of imidazole rings is 2. The number of aromatic nitrogens is 6. The van der Waals surface area contributed by atoms with Crippen molar-refractivity contribution >= 4 is 43.9 Å². The molecule has 8 nitrogen and oxygen atoms in total. The highest BCUT2D eigenvalue weighted by Crippen LogP contribution is 2.30. The van der Waals surface area contributed by atoms with Gasteiger partial charge in [-0.25, -0.2) is 19.7 Å². The van der Waals surface area contributed by atoms with Crippen LogP contribution < -0.4 is 10.6 Å². The summed E-state index contributed by atoms with van der Waals surface area (Å²) in [5.74, 6) is 0.853. The van der Waals surface area contributed by atoms with E-state index in [1.807, 2.05) is 40.4 Å². The standard InChI is InChI=1S/C18H18BrN7O/c1-24-15-14(23-17(24)19)16(21-10-20-15)25-8-6-11(7-9-25)26-13-5-3-2-4-12(13)22-18(26)27/h2-5,10-11H,6-9H2,1H3,(H,22,27). The third-order valence-corrected chi connectivity index (χ3v) is 6.04. The Bertz CT molecular complexity index is 1200. The quantitative estimate of drug-likeness (QED) is 0.497. The van der Waals surface area contributed by atoms with Crippen molar-refractivity contribution in [3.05, 3.63) is 45.8 Å². The molecule has 4 heterocycles. The summed E-state index contributed by atoms with van der Waals surface area (Å²) in [5, 5.41) is 0. The molecule has 4 aromatic rings. The van der Waals surface area contributed by atoms with Crippen LogP contribution in [0.15, 0.2) is 40.1 Å². The van der Waals surface area contributed by atoms with E-state index in [1.165, 1.54) is 0 Å². The highest BCUT2D eigenvalue weighted by Gasteiger charge is 2.26. The minimum Gasteiger partial charge on any atom is -0.355 e. The molecule has 0 bridgehead atoms. The first kappa shape index (κ1) is 16.5. The summed E-state index contributed by atoms with van der Waals surface area (Å²) in [6, 6.07) is 8.03. The molecule has 5 rings (SSSR count). The van der Waals surface area contributed by atoms with Crippen molar-refractivity contribution in [3.8, 4) is 0 Å². The molecule has 1 aliphatic rings. The minimum atomic E-state index is -0.0345. The smallest absolute Gasteiger partial charge is 0.326 e. The van der Waals surface area contributed by atoms with Crippen LogP contribution in [0.2, 0.25) is 0 Å². The summed E-state index contributed by atoms with van der Waals surface area (Å²) in [4.78, 5) is 31.0. The number of para-hydroxylation sites is 2. The molecule has 0 spiro atoms. The zero-order valence-corrected chi connectivity index (χ0v) is 16.3. The molecular weight excluding hydrogens is 410 g/mol. The van der Waals surface area contributed by atoms with Gasteiger partial charge in [-0.2, -0.15) is 0 Å². The van der Waals surface area contributed by atoms with E-state index in [0.717, 1.165) is 58.7 Å². The van der Waals surface area contributed by atoms with Gasteiger partial charge in [-0.15, -0.1) is 0 Å². The molecule has 3 aromatic heterocycles. The lowest BCUT2D eigenvalue weighted by Gasteiger charge is -2.33. The summed E-state index contributed by atoms with van der Waals surface area (Å²) in [7, 11) is 1.92. The summed E-state index contributed by atoms with van der Waals surface area (Å²) >= 11 is 3.46. The second-order valence-electron chi connectivity index (χ2n) is 6.84. The predicted octanol–water partition coefficient (Wildman–Crippen LogP) is 2.61. The van der Waals surface area contributed by atoms with Gasteiger partial charge in [0, 0.05) is 26.2 Å². The molecule has 1 aliphatic heterocycles. The molecule has 0 radical (unpaired) electrons. The van der Waals surface area contributed by atoms with Crippen LogP contribution in [0.3, 0.4) is 0 Å². The van der Waals surface area contributed by atoms with Crippen molar-refractivity contribution in [2.24, 2.45) is 7.05 Å². The molecule has 0 atom stereocenters. The molecule has 1 aromatic carbocycles. The van der Waals surface area contributed by atoms with Gasteiger partial charge in [0.25, 0.3) is 0 Å². The number of nitrogens with zero attached hydrogens (tertiary/aromatic N) is 6. The van der Waals surface area contributed by atoms with Crippen molar-refractivity contribution in [1.29, 1.82) is 0 Å². The number of aryl methyl sites for hydroxylation is 1. The first-order chi connectivity index (χ1) is 13.1. The van der Waals surface area contributed by atoms with Crippen LogP contribution in [0.25, 0.3) is 22.2 Å². The van der Waals surface area contributed by atoms with Crippen molar-refractivity contribution in [2.75, 3.05) is 18.0 Å². The molecule has 0 aliphatic carbocycles. The normalized spacial score (nSPS) is 15.9. The molecule has 1 saturated heterocycles. The maximum atomic E-state index is 12.5. The second kappa shape index (κ2) is 6.19. The fourth-order valence-electron chi connectivity index (χ4n) is 3.96. The Morgan fingerprint density at radius 2 is 1.96 bits per heavy atom. The van der Waals surface area contributed by atoms with Gasteiger partial charge in [-0.1, -0.05) is 12.1 Å². The monoisotopic (exact) mass is 427 g/mol. The summed E-state index contributed by atoms with van der Waals surface area (Å²) in [6.07, 6.45) is 3.34. The fraction of sp³-hybridized carbons (Fsp3) is 0.333. The van der Waals surface area contributed by atoms with E-state index < -0.39 is 0 Å². The van der Waals surface area contributed by atoms with Gasteiger partial charge >= 0.3 is 5.69 Å². The number of halogens is 1. The van der Waals surface area contributed by atoms with Crippen LogP contribution in [0, 0.1) is 0 Å². The third-order valence-electron chi connectivity index (χ3n) is 5.34. The number of H-pyrrole nitrogens is 1. The highest BCUT2D eigenvalue weighted by atomic mass is 79.9. The second-order valence-corrected chi connectivity index (χ2v) is 7.55. The molecule has 1 fully saturated rings. The van der Waals surface area contributed by atoms with Crippen LogP contribution in [0.4, 0.5) is 5.82 Å². The van der Waals surface area contributed by atoms with Crippen molar-refractivity contribution in [1.82, 2.24) is 29.1 Å². The largest absolute Gasteiger partial charge is 0.355 e. The van der Waals surface area contributed by atoms with Gasteiger partial charge in [-0.3, -0.25) is 4.57 Å². The van der Waals surface area contributed by atoms with E-state index in [4.69, 9.17) is 0 Å². The Morgan fingerprint density at radius 3 is 2.78 bits per heavy atom. The van der Waals surface area contributed by atoms with Gasteiger partial charge in [0.05, 0.1) is 11.0 Å². The highest BCUT2D eigenvalue weighted by molar-refractivity contribution is 9.10. The Kier molecular flexibility index (Phi) is 3.78. The number of rotatable bonds is 2. The Balaban J connectivity index is 1.45. The first-order valence-electron chi connectivity index (χ1n) is 8.90. The maximum Gasteiger partial charge on any atom is 0.326 e. The first-order valence-corrected chi connectivity index (χ1v) is 9.70. The van der Waals surface area contributed by atoms with E-state index in [1.54, 1.807) is 6.33 Å². The lowest BCUT2D eigenvalue weighted by molar-refractivity contribution is 0.395. The zero-order chi connectivity index (χ0) is 18.5. The van der Waals surface area contributed by atoms with E-state index in [-0.39, 0.29) is 11.7 Å². The van der Waals surface area contributed by atoms with Gasteiger partial charge in [0.1, 0.15) is 6.33 Å². The van der Waals surface area contributed by atoms with Crippen molar-refractivity contribution in [2.45, 2.75) is 18.9 Å². The fourth-order valence-corrected chi connectivity index (χ4v) is 4.31. The molecule has 27 heavy (non-hydrogen) atoms. The van der Waals surface area contributed by atoms with Gasteiger partial charge in [-0.05, 0) is 40.9 Å². The number of nitrogens with one attached hydrogen (secondary N) is 1. The third kappa shape index (κ3) is 2.56. The molecular formula is C18H18BrN7O. The molecule has 0 amide bonds. The number of piperidine rings is 1. The van der Waals surface area contributed by atoms with Crippen molar-refractivity contribution in [3.63, 3.8) is 0 Å². The van der Waals surface area contributed by atoms with Gasteiger partial charge < -0.3 is 14.5 Å². The molecule has 138 valence electrons. The van der Waals surface area contributed by atoms with Crippen molar-refractivity contribution < 1.29 is 0 Å². The average molecular weight is 428 g/mol. The van der Waals surface area contributed by atoms with Crippen LogP contribution >= 0.6 is 15.9 Å². The summed E-state index contributed by atoms with van der Waals surface area (Å²) in [5.41, 5.74) is 3.43. The maximum absolute atomic E-state index is 12.5. The SMILES string of the molecule is Cn1c(Br)nc2c(N3CCC(n4c(=O)[nH]c5ccccc54)CC3)ncnc21. The molecule has 0 unspecified atom stereocenters. The van der Waals surface area contributed by atoms with Crippen LogP contribution in [-0.4, -0.2) is 42.2 Å². The Morgan fingerprint density at radius 1 is 1.19 bits per heavy atom. The predicted molar refractivity (Wildman–Crippen MR) is 107 cm³/mol. The number of aromatic amines is 1. The van der Waals surface area contributed by atoms with Gasteiger partial charge in [0.2, 0.25) is 0 Å². The lowest BCUT2D eigenvalue weighted by Crippen LogP contribution is -2.37. The number of fused-ring (bicyclic) bond motifs is 2. The molecule has 1 N–H and O–H groups in total. The molecule has 0 saturated carbocycles. The number of benzene rings is 1. The van der Waals surface area contributed by atoms with E-state index in [2.05, 4.69) is 40.8 Å². The Labute approximate surface area is 163 Å². The van der Waals surface area contributed by atoms with E-state index in [0.29, 0.717) is 0 Å². The lowest BCUT2D eigenvalue weighted by atomic mass is 10.0. The van der Waals surface area contributed by atoms with E-state index >= 15 is 0 Å². The zero-order valence-electron chi connectivity index (χ0n) is 14.8. The van der Waals surface area contributed by atoms with E-state index in [9.17, 15) is 4.79 Å². The average Bonchev–Trinajstić information content (AvgIpc) is 3.18. The summed E-state index contributed by atoms with van der Waals surface area (Å²) < 4.78 is 4.54. The number of anilines is 1. The van der Waals surface area contributed by atoms with Crippen LogP contribution in [-0.2, 0) is 7.05 Å². The number of hydrogen-bond donors (Lipinski definition) is 1. The molecule has 9 heteroatoms. The minimum absolute atomic E-state index is 0.0345. The topological polar surface area (TPSA) is 84.6 Å². The summed E-state index contributed by atoms with van der Waals surface area (Å²) in [6.45, 7) is 1.63. The Hall–Kier alpha value is -2.68. The van der Waals surface area contributed by atoms with Crippen LogP contribution in [0.5, 0.6) is 0 Å².